The highest BCUT2D eigenvalue weighted by molar-refractivity contribution is 8.24. The summed E-state index contributed by atoms with van der Waals surface area (Å²) in [5.41, 5.74) is 15.6. The summed E-state index contributed by atoms with van der Waals surface area (Å²) in [5, 5.41) is 20.0. The molecule has 0 aromatic heterocycles. The Morgan fingerprint density at radius 2 is 1.70 bits per heavy atom. The number of nitrogens with two attached hydrogens (primary N) is 3. The smallest absolute Gasteiger partial charge is 0.343 e. The normalized spacial score (nSPS) is 23.7. The van der Waals surface area contributed by atoms with Gasteiger partial charge in [0.25, 0.3) is 0 Å². The fourth-order valence-electron chi connectivity index (χ4n) is 2.49. The van der Waals surface area contributed by atoms with Gasteiger partial charge in [-0.05, 0) is 84.5 Å². The molecule has 0 spiro atoms. The van der Waals surface area contributed by atoms with Crippen LogP contribution < -0.4 is 27.6 Å². The number of halogens is 3. The van der Waals surface area contributed by atoms with Crippen LogP contribution in [-0.4, -0.2) is 99.8 Å². The van der Waals surface area contributed by atoms with Crippen LogP contribution in [0.1, 0.15) is 33.1 Å². The molecule has 3 heterocycles. The van der Waals surface area contributed by atoms with Gasteiger partial charge >= 0.3 is 12.9 Å². The molecule has 0 saturated carbocycles. The van der Waals surface area contributed by atoms with E-state index in [0.29, 0.717) is 38.1 Å². The van der Waals surface area contributed by atoms with E-state index in [-0.39, 0.29) is 13.2 Å². The van der Waals surface area contributed by atoms with E-state index < -0.39 is 19.0 Å². The van der Waals surface area contributed by atoms with Crippen LogP contribution in [0.2, 0.25) is 0 Å². The van der Waals surface area contributed by atoms with E-state index in [0.717, 1.165) is 52.2 Å². The van der Waals surface area contributed by atoms with Crippen LogP contribution >= 0.6 is 46.6 Å². The zero-order chi connectivity index (χ0) is 28.7. The lowest BCUT2D eigenvalue weighted by atomic mass is 10.2. The Labute approximate surface area is 236 Å². The predicted molar refractivity (Wildman–Crippen MR) is 154 cm³/mol. The van der Waals surface area contributed by atoms with E-state index >= 15 is 0 Å². The molecule has 17 heteroatoms. The molecule has 226 valence electrons. The van der Waals surface area contributed by atoms with Crippen molar-refractivity contribution in [3.8, 4) is 0 Å². The van der Waals surface area contributed by atoms with Gasteiger partial charge in [0.05, 0.1) is 12.7 Å². The van der Waals surface area contributed by atoms with E-state index in [4.69, 9.17) is 36.7 Å². The topological polar surface area (TPSA) is 198 Å². The number of nitrogens with zero attached hydrogens (tertiary/aromatic N) is 1. The SMILES string of the molecule is C1COC1.CC(CN)CN.CC1CNP2(=O)OCCCN2C1.NCC(O)CNCCCO.O=P(Cl)(Cl)Cl. The second kappa shape index (κ2) is 24.7. The number of nitrogens with one attached hydrogen (secondary N) is 2. The molecule has 0 bridgehead atoms. The van der Waals surface area contributed by atoms with Crippen molar-refractivity contribution in [1.82, 2.24) is 15.1 Å². The number of aliphatic hydroxyl groups excluding tert-OH is 2. The standard InChI is InChI=1S/C7H15N2O2P.C6H16N2O2.C4H12N2.C3H6O.Cl3OP/c1-7-5-8-12(10)9(6-7)3-2-4-11-12;7-4-6(10)5-8-2-1-3-9;1-4(2-5)3-6;1-2-4-3-1;1-5(2,3)4/h7H,2-6H2,1H3,(H,8,10);6,8-10H,1-5,7H2;4H,2-3,5-6H2,1H3;1-3H2;. The molecule has 0 amide bonds. The van der Waals surface area contributed by atoms with Crippen molar-refractivity contribution in [2.75, 3.05) is 78.8 Å². The molecule has 3 rings (SSSR count). The average Bonchev–Trinajstić information content (AvgIpc) is 2.80. The van der Waals surface area contributed by atoms with Gasteiger partial charge in [0, 0.05) is 52.5 Å². The van der Waals surface area contributed by atoms with Crippen LogP contribution in [0.4, 0.5) is 0 Å². The number of aliphatic hydroxyl groups is 2. The van der Waals surface area contributed by atoms with Gasteiger partial charge in [-0.2, -0.15) is 0 Å². The molecular formula is C20H49Cl3N6O6P2. The molecule has 10 N–H and O–H groups in total. The third-order valence-electron chi connectivity index (χ3n) is 4.91. The van der Waals surface area contributed by atoms with Gasteiger partial charge in [0.2, 0.25) is 0 Å². The van der Waals surface area contributed by atoms with E-state index in [1.54, 1.807) is 0 Å². The molecule has 3 atom stereocenters. The lowest BCUT2D eigenvalue weighted by molar-refractivity contribution is 0.0367. The van der Waals surface area contributed by atoms with E-state index in [1.807, 2.05) is 11.6 Å². The first-order valence-corrected chi connectivity index (χ1v) is 18.4. The minimum atomic E-state index is -3.22. The van der Waals surface area contributed by atoms with Crippen LogP contribution in [0.3, 0.4) is 0 Å². The van der Waals surface area contributed by atoms with E-state index in [9.17, 15) is 9.13 Å². The van der Waals surface area contributed by atoms with Gasteiger partial charge in [-0.25, -0.2) is 9.76 Å². The van der Waals surface area contributed by atoms with Crippen LogP contribution in [0.15, 0.2) is 0 Å². The number of hydrogen-bond acceptors (Lipinski definition) is 10. The summed E-state index contributed by atoms with van der Waals surface area (Å²) in [7, 11) is -2.57. The fourth-order valence-corrected chi connectivity index (χ4v) is 4.76. The van der Waals surface area contributed by atoms with Crippen molar-refractivity contribution in [2.45, 2.75) is 39.2 Å². The maximum absolute atomic E-state index is 12.0. The monoisotopic (exact) mass is 636 g/mol. The maximum atomic E-state index is 12.0. The number of rotatable bonds is 8. The van der Waals surface area contributed by atoms with E-state index in [2.05, 4.69) is 51.1 Å². The van der Waals surface area contributed by atoms with Crippen molar-refractivity contribution >= 4 is 46.6 Å². The Hall–Kier alpha value is 0.930. The number of hydrogen-bond donors (Lipinski definition) is 7. The van der Waals surface area contributed by atoms with Gasteiger partial charge in [0.1, 0.15) is 0 Å². The van der Waals surface area contributed by atoms with E-state index in [1.165, 1.54) is 6.42 Å². The van der Waals surface area contributed by atoms with Gasteiger partial charge < -0.3 is 42.0 Å². The zero-order valence-electron chi connectivity index (χ0n) is 22.1. The summed E-state index contributed by atoms with van der Waals surface area (Å²) in [6.07, 6.45) is 2.54. The fraction of sp³-hybridized carbons (Fsp3) is 1.00. The molecular weight excluding hydrogens is 589 g/mol. The van der Waals surface area contributed by atoms with Gasteiger partial charge in [-0.3, -0.25) is 9.13 Å². The predicted octanol–water partition coefficient (Wildman–Crippen LogP) is 2.09. The molecule has 37 heavy (non-hydrogen) atoms. The lowest BCUT2D eigenvalue weighted by Crippen LogP contribution is -2.44. The largest absolute Gasteiger partial charge is 0.396 e. The first-order chi connectivity index (χ1) is 17.3. The zero-order valence-corrected chi connectivity index (χ0v) is 26.1. The van der Waals surface area contributed by atoms with Crippen molar-refractivity contribution in [3.63, 3.8) is 0 Å². The number of fused-ring (bicyclic) bond motifs is 1. The Balaban J connectivity index is 0. The summed E-state index contributed by atoms with van der Waals surface area (Å²) in [6, 6.07) is 0. The van der Waals surface area contributed by atoms with Gasteiger partial charge in [-0.1, -0.05) is 13.8 Å². The molecule has 3 aliphatic rings. The Kier molecular flexibility index (Phi) is 26.8. The van der Waals surface area contributed by atoms with Crippen molar-refractivity contribution in [3.05, 3.63) is 0 Å². The minimum absolute atomic E-state index is 0.186. The summed E-state index contributed by atoms with van der Waals surface area (Å²) in [4.78, 5) is 0. The third kappa shape index (κ3) is 26.9. The molecule has 0 aromatic rings. The second-order valence-electron chi connectivity index (χ2n) is 8.70. The molecule has 3 unspecified atom stereocenters. The Bertz CT molecular complexity index is 609. The summed E-state index contributed by atoms with van der Waals surface area (Å²) in [5.74, 6) is 1.07. The molecule has 0 radical (unpaired) electrons. The minimum Gasteiger partial charge on any atom is -0.396 e. The third-order valence-corrected chi connectivity index (χ3v) is 7.13. The summed E-state index contributed by atoms with van der Waals surface area (Å²) in [6.45, 7) is 12.6. The summed E-state index contributed by atoms with van der Waals surface area (Å²) >= 11 is 13.8. The van der Waals surface area contributed by atoms with Crippen molar-refractivity contribution in [1.29, 1.82) is 0 Å². The molecule has 3 fully saturated rings. The Morgan fingerprint density at radius 3 is 2.11 bits per heavy atom. The Morgan fingerprint density at radius 1 is 1.16 bits per heavy atom. The summed E-state index contributed by atoms with van der Waals surface area (Å²) < 4.78 is 33.4. The van der Waals surface area contributed by atoms with Crippen LogP contribution in [0.25, 0.3) is 0 Å². The molecule has 0 aliphatic carbocycles. The van der Waals surface area contributed by atoms with Crippen LogP contribution in [0, 0.1) is 11.8 Å². The van der Waals surface area contributed by atoms with Crippen molar-refractivity contribution in [2.24, 2.45) is 29.0 Å². The lowest BCUT2D eigenvalue weighted by Gasteiger charge is -2.40. The van der Waals surface area contributed by atoms with Crippen molar-refractivity contribution < 1.29 is 28.6 Å². The highest BCUT2D eigenvalue weighted by Gasteiger charge is 2.38. The van der Waals surface area contributed by atoms with Gasteiger partial charge in [-0.15, -0.1) is 0 Å². The molecule has 12 nitrogen and oxygen atoms in total. The highest BCUT2D eigenvalue weighted by atomic mass is 36.0. The maximum Gasteiger partial charge on any atom is 0.343 e. The first kappa shape index (κ1) is 40.1. The molecule has 3 aliphatic heterocycles. The quantitative estimate of drug-likeness (QED) is 0.151. The number of ether oxygens (including phenoxy) is 1. The molecule has 0 aromatic carbocycles. The van der Waals surface area contributed by atoms with Gasteiger partial charge in [0.15, 0.2) is 0 Å². The van der Waals surface area contributed by atoms with Crippen LogP contribution in [-0.2, 0) is 18.4 Å². The second-order valence-corrected chi connectivity index (χ2v) is 17.5. The van der Waals surface area contributed by atoms with Crippen LogP contribution in [0.5, 0.6) is 0 Å². The average molecular weight is 638 g/mol. The highest BCUT2D eigenvalue weighted by Crippen LogP contribution is 2.61. The first-order valence-electron chi connectivity index (χ1n) is 12.4. The molecule has 3 saturated heterocycles.